The molecule has 2 rings (SSSR count). The summed E-state index contributed by atoms with van der Waals surface area (Å²) in [6.45, 7) is 2.92. The van der Waals surface area contributed by atoms with Crippen LogP contribution in [-0.4, -0.2) is 11.5 Å². The van der Waals surface area contributed by atoms with Crippen LogP contribution >= 0.6 is 12.2 Å². The van der Waals surface area contributed by atoms with Crippen molar-refractivity contribution >= 4 is 28.0 Å². The molecule has 15 heavy (non-hydrogen) atoms. The van der Waals surface area contributed by atoms with E-state index in [1.165, 1.54) is 10.8 Å². The quantitative estimate of drug-likeness (QED) is 0.772. The summed E-state index contributed by atoms with van der Waals surface area (Å²) in [7, 11) is 0. The molecule has 0 atom stereocenters. The zero-order valence-corrected chi connectivity index (χ0v) is 9.47. The highest BCUT2D eigenvalue weighted by molar-refractivity contribution is 7.80. The second-order valence-electron chi connectivity index (χ2n) is 3.39. The average Bonchev–Trinajstić information content (AvgIpc) is 2.28. The van der Waals surface area contributed by atoms with Crippen LogP contribution in [0.4, 0.5) is 0 Å². The fourth-order valence-corrected chi connectivity index (χ4v) is 2.00. The van der Waals surface area contributed by atoms with Gasteiger partial charge in [-0.2, -0.15) is 0 Å². The van der Waals surface area contributed by atoms with Gasteiger partial charge in [-0.3, -0.25) is 0 Å². The second-order valence-corrected chi connectivity index (χ2v) is 3.79. The lowest BCUT2D eigenvalue weighted by Crippen LogP contribution is -2.21. The highest BCUT2D eigenvalue weighted by Crippen LogP contribution is 2.18. The average molecular weight is 215 g/mol. The summed E-state index contributed by atoms with van der Waals surface area (Å²) < 4.78 is 0. The van der Waals surface area contributed by atoms with E-state index in [2.05, 4.69) is 36.5 Å². The summed E-state index contributed by atoms with van der Waals surface area (Å²) in [6, 6.07) is 14.5. The number of fused-ring (bicyclic) bond motifs is 1. The summed E-state index contributed by atoms with van der Waals surface area (Å²) in [5, 5.41) is 5.63. The Hall–Kier alpha value is -1.41. The summed E-state index contributed by atoms with van der Waals surface area (Å²) in [5.74, 6) is 0. The first kappa shape index (κ1) is 10.1. The number of thiocarbonyl (C=S) groups is 1. The molecular weight excluding hydrogens is 202 g/mol. The Morgan fingerprint density at radius 2 is 1.87 bits per heavy atom. The van der Waals surface area contributed by atoms with Crippen LogP contribution in [-0.2, 0) is 0 Å². The van der Waals surface area contributed by atoms with E-state index in [1.54, 1.807) is 0 Å². The molecule has 0 aliphatic carbocycles. The van der Waals surface area contributed by atoms with Crippen LogP contribution in [0.15, 0.2) is 42.5 Å². The Bertz CT molecular complexity index is 485. The fraction of sp³-hybridized carbons (Fsp3) is 0.154. The van der Waals surface area contributed by atoms with Gasteiger partial charge >= 0.3 is 0 Å². The first-order chi connectivity index (χ1) is 7.33. The molecule has 1 nitrogen and oxygen atoms in total. The highest BCUT2D eigenvalue weighted by Gasteiger charge is 2.03. The number of hydrogen-bond acceptors (Lipinski definition) is 1. The van der Waals surface area contributed by atoms with Crippen LogP contribution in [0, 0.1) is 0 Å². The van der Waals surface area contributed by atoms with E-state index in [9.17, 15) is 0 Å². The maximum atomic E-state index is 5.34. The van der Waals surface area contributed by atoms with E-state index in [1.807, 2.05) is 18.2 Å². The molecule has 0 amide bonds. The van der Waals surface area contributed by atoms with Crippen LogP contribution < -0.4 is 5.32 Å². The normalized spacial score (nSPS) is 10.2. The Morgan fingerprint density at radius 1 is 1.13 bits per heavy atom. The van der Waals surface area contributed by atoms with Crippen LogP contribution in [0.5, 0.6) is 0 Å². The molecule has 0 radical (unpaired) electrons. The molecule has 2 heteroatoms. The van der Waals surface area contributed by atoms with Crippen molar-refractivity contribution in [1.29, 1.82) is 0 Å². The molecule has 2 aromatic rings. The molecule has 0 spiro atoms. The van der Waals surface area contributed by atoms with Crippen molar-refractivity contribution in [1.82, 2.24) is 5.32 Å². The van der Waals surface area contributed by atoms with Crippen LogP contribution in [0.25, 0.3) is 10.8 Å². The van der Waals surface area contributed by atoms with Crippen molar-refractivity contribution in [3.63, 3.8) is 0 Å². The van der Waals surface area contributed by atoms with Gasteiger partial charge in [-0.05, 0) is 17.7 Å². The van der Waals surface area contributed by atoms with Gasteiger partial charge in [-0.1, -0.05) is 54.7 Å². The smallest absolute Gasteiger partial charge is 0.107 e. The topological polar surface area (TPSA) is 12.0 Å². The van der Waals surface area contributed by atoms with Gasteiger partial charge in [0.1, 0.15) is 4.99 Å². The maximum absolute atomic E-state index is 5.34. The minimum Gasteiger partial charge on any atom is -0.376 e. The lowest BCUT2D eigenvalue weighted by molar-refractivity contribution is 0.984. The lowest BCUT2D eigenvalue weighted by Gasteiger charge is -2.08. The van der Waals surface area contributed by atoms with Crippen molar-refractivity contribution in [2.24, 2.45) is 0 Å². The third-order valence-electron chi connectivity index (χ3n) is 2.37. The number of rotatable bonds is 2. The molecular formula is C13H13NS. The minimum atomic E-state index is 0.828. The zero-order valence-electron chi connectivity index (χ0n) is 8.66. The van der Waals surface area contributed by atoms with Crippen molar-refractivity contribution in [2.75, 3.05) is 6.54 Å². The van der Waals surface area contributed by atoms with Gasteiger partial charge in [0.2, 0.25) is 0 Å². The van der Waals surface area contributed by atoms with E-state index in [4.69, 9.17) is 12.2 Å². The predicted molar refractivity (Wildman–Crippen MR) is 69.3 cm³/mol. The van der Waals surface area contributed by atoms with Crippen molar-refractivity contribution < 1.29 is 0 Å². The molecule has 0 aliphatic rings. The van der Waals surface area contributed by atoms with E-state index < -0.39 is 0 Å². The predicted octanol–water partition coefficient (Wildman–Crippen LogP) is 3.12. The van der Waals surface area contributed by atoms with Gasteiger partial charge in [0.25, 0.3) is 0 Å². The summed E-state index contributed by atoms with van der Waals surface area (Å²) >= 11 is 5.34. The van der Waals surface area contributed by atoms with Crippen molar-refractivity contribution in [2.45, 2.75) is 6.92 Å². The zero-order chi connectivity index (χ0) is 10.7. The lowest BCUT2D eigenvalue weighted by atomic mass is 10.0. The van der Waals surface area contributed by atoms with Crippen molar-refractivity contribution in [3.8, 4) is 0 Å². The Balaban J connectivity index is 2.56. The largest absolute Gasteiger partial charge is 0.376 e. The van der Waals surface area contributed by atoms with E-state index in [0.717, 1.165) is 17.1 Å². The first-order valence-electron chi connectivity index (χ1n) is 5.09. The molecule has 0 fully saturated rings. The molecule has 0 saturated carbocycles. The van der Waals surface area contributed by atoms with Gasteiger partial charge in [-0.15, -0.1) is 0 Å². The van der Waals surface area contributed by atoms with Gasteiger partial charge < -0.3 is 5.32 Å². The highest BCUT2D eigenvalue weighted by atomic mass is 32.1. The standard InChI is InChI=1S/C13H13NS/c1-2-14-13(15)12-9-5-7-10-6-3-4-8-11(10)12/h3-9H,2H2,1H3,(H,14,15). The van der Waals surface area contributed by atoms with Crippen molar-refractivity contribution in [3.05, 3.63) is 48.0 Å². The fourth-order valence-electron chi connectivity index (χ4n) is 1.68. The van der Waals surface area contributed by atoms with Gasteiger partial charge in [0, 0.05) is 12.1 Å². The Labute approximate surface area is 95.1 Å². The molecule has 2 aromatic carbocycles. The number of nitrogens with one attached hydrogen (secondary N) is 1. The second kappa shape index (κ2) is 4.41. The molecule has 76 valence electrons. The molecule has 0 bridgehead atoms. The van der Waals surface area contributed by atoms with Gasteiger partial charge in [0.15, 0.2) is 0 Å². The molecule has 0 saturated heterocycles. The number of hydrogen-bond donors (Lipinski definition) is 1. The van der Waals surface area contributed by atoms with Crippen LogP contribution in [0.2, 0.25) is 0 Å². The molecule has 0 aromatic heterocycles. The number of benzene rings is 2. The molecule has 0 heterocycles. The summed E-state index contributed by atoms with van der Waals surface area (Å²) in [4.78, 5) is 0.828. The third-order valence-corrected chi connectivity index (χ3v) is 2.74. The summed E-state index contributed by atoms with van der Waals surface area (Å²) in [5.41, 5.74) is 1.12. The SMILES string of the molecule is CCNC(=S)c1cccc2ccccc12. The molecule has 0 unspecified atom stereocenters. The van der Waals surface area contributed by atoms with E-state index >= 15 is 0 Å². The minimum absolute atomic E-state index is 0.828. The molecule has 1 N–H and O–H groups in total. The van der Waals surface area contributed by atoms with E-state index in [-0.39, 0.29) is 0 Å². The van der Waals surface area contributed by atoms with Gasteiger partial charge in [-0.25, -0.2) is 0 Å². The maximum Gasteiger partial charge on any atom is 0.107 e. The monoisotopic (exact) mass is 215 g/mol. The molecule has 0 aliphatic heterocycles. The Kier molecular flexibility index (Phi) is 2.97. The Morgan fingerprint density at radius 3 is 2.67 bits per heavy atom. The van der Waals surface area contributed by atoms with Crippen LogP contribution in [0.3, 0.4) is 0 Å². The summed E-state index contributed by atoms with van der Waals surface area (Å²) in [6.07, 6.45) is 0. The van der Waals surface area contributed by atoms with Gasteiger partial charge in [0.05, 0.1) is 0 Å². The third kappa shape index (κ3) is 2.00. The van der Waals surface area contributed by atoms with Crippen LogP contribution in [0.1, 0.15) is 12.5 Å². The van der Waals surface area contributed by atoms with E-state index in [0.29, 0.717) is 0 Å². The first-order valence-corrected chi connectivity index (χ1v) is 5.49.